The lowest BCUT2D eigenvalue weighted by Gasteiger charge is -2.16. The SMILES string of the molecule is N#Cc1cc(Br)c(O)c([C@@H](N)c2ccc(OC(F)(F)F)cc2)c1. The minimum atomic E-state index is -4.77. The summed E-state index contributed by atoms with van der Waals surface area (Å²) in [6, 6.07) is 8.95. The van der Waals surface area contributed by atoms with E-state index in [1.54, 1.807) is 0 Å². The van der Waals surface area contributed by atoms with Crippen molar-refractivity contribution in [3.63, 3.8) is 0 Å². The molecule has 23 heavy (non-hydrogen) atoms. The highest BCUT2D eigenvalue weighted by Crippen LogP contribution is 2.35. The Morgan fingerprint density at radius 1 is 1.22 bits per heavy atom. The molecule has 0 bridgehead atoms. The second kappa shape index (κ2) is 6.48. The van der Waals surface area contributed by atoms with Crippen LogP contribution in [0.15, 0.2) is 40.9 Å². The van der Waals surface area contributed by atoms with Crippen LogP contribution in [0.2, 0.25) is 0 Å². The number of ether oxygens (including phenoxy) is 1. The number of halogens is 4. The average molecular weight is 387 g/mol. The highest BCUT2D eigenvalue weighted by atomic mass is 79.9. The number of nitrogens with two attached hydrogens (primary N) is 1. The maximum absolute atomic E-state index is 12.1. The van der Waals surface area contributed by atoms with Crippen molar-refractivity contribution in [3.05, 3.63) is 57.6 Å². The summed E-state index contributed by atoms with van der Waals surface area (Å²) in [5, 5.41) is 19.0. The van der Waals surface area contributed by atoms with Crippen molar-refractivity contribution in [2.45, 2.75) is 12.4 Å². The van der Waals surface area contributed by atoms with Gasteiger partial charge in [0.25, 0.3) is 0 Å². The molecule has 3 N–H and O–H groups in total. The van der Waals surface area contributed by atoms with Crippen molar-refractivity contribution in [2.75, 3.05) is 0 Å². The first kappa shape index (κ1) is 17.1. The number of hydrogen-bond donors (Lipinski definition) is 2. The van der Waals surface area contributed by atoms with E-state index in [2.05, 4.69) is 20.7 Å². The molecule has 0 saturated carbocycles. The summed E-state index contributed by atoms with van der Waals surface area (Å²) in [6.45, 7) is 0. The molecule has 0 unspecified atom stereocenters. The molecular weight excluding hydrogens is 377 g/mol. The number of hydrogen-bond acceptors (Lipinski definition) is 4. The molecule has 2 aromatic carbocycles. The van der Waals surface area contributed by atoms with Crippen LogP contribution in [0.5, 0.6) is 11.5 Å². The van der Waals surface area contributed by atoms with Crippen LogP contribution >= 0.6 is 15.9 Å². The van der Waals surface area contributed by atoms with Gasteiger partial charge in [-0.1, -0.05) is 12.1 Å². The predicted octanol–water partition coefficient (Wildman–Crippen LogP) is 3.97. The van der Waals surface area contributed by atoms with E-state index in [-0.39, 0.29) is 22.6 Å². The minimum absolute atomic E-state index is 0.132. The molecule has 2 rings (SSSR count). The first-order chi connectivity index (χ1) is 10.7. The Morgan fingerprint density at radius 2 is 1.83 bits per heavy atom. The summed E-state index contributed by atoms with van der Waals surface area (Å²) in [7, 11) is 0. The van der Waals surface area contributed by atoms with Crippen molar-refractivity contribution in [1.29, 1.82) is 5.26 Å². The number of rotatable bonds is 3. The van der Waals surface area contributed by atoms with Crippen LogP contribution in [0.3, 0.4) is 0 Å². The normalized spacial score (nSPS) is 12.5. The monoisotopic (exact) mass is 386 g/mol. The summed E-state index contributed by atoms with van der Waals surface area (Å²) in [5.41, 5.74) is 7.06. The molecule has 0 aliphatic heterocycles. The fraction of sp³-hybridized carbons (Fsp3) is 0.133. The van der Waals surface area contributed by atoms with Gasteiger partial charge in [-0.25, -0.2) is 0 Å². The van der Waals surface area contributed by atoms with Gasteiger partial charge in [0.1, 0.15) is 11.5 Å². The summed E-state index contributed by atoms with van der Waals surface area (Å²) >= 11 is 3.12. The lowest BCUT2D eigenvalue weighted by molar-refractivity contribution is -0.274. The fourth-order valence-electron chi connectivity index (χ4n) is 1.98. The zero-order chi connectivity index (χ0) is 17.2. The van der Waals surface area contributed by atoms with Crippen molar-refractivity contribution in [2.24, 2.45) is 5.73 Å². The molecule has 2 aromatic rings. The maximum atomic E-state index is 12.1. The van der Waals surface area contributed by atoms with E-state index in [0.717, 1.165) is 12.1 Å². The van der Waals surface area contributed by atoms with Gasteiger partial charge < -0.3 is 15.6 Å². The molecule has 4 nitrogen and oxygen atoms in total. The zero-order valence-corrected chi connectivity index (χ0v) is 13.0. The Bertz CT molecular complexity index is 755. The van der Waals surface area contributed by atoms with Gasteiger partial charge in [-0.15, -0.1) is 13.2 Å². The molecular formula is C15H10BrF3N2O2. The standard InChI is InChI=1S/C15H10BrF3N2O2/c16-12-6-8(7-20)5-11(14(12)22)13(21)9-1-3-10(4-2-9)23-15(17,18)19/h1-6,13,22H,21H2/t13-/m0/s1. The van der Waals surface area contributed by atoms with Crippen LogP contribution in [0.25, 0.3) is 0 Å². The van der Waals surface area contributed by atoms with Crippen LogP contribution in [-0.4, -0.2) is 11.5 Å². The molecule has 0 radical (unpaired) electrons. The predicted molar refractivity (Wildman–Crippen MR) is 79.7 cm³/mol. The van der Waals surface area contributed by atoms with Crippen LogP contribution in [0.1, 0.15) is 22.7 Å². The van der Waals surface area contributed by atoms with Crippen LogP contribution in [0, 0.1) is 11.3 Å². The number of aromatic hydroxyl groups is 1. The van der Waals surface area contributed by atoms with Crippen molar-refractivity contribution in [3.8, 4) is 17.6 Å². The smallest absolute Gasteiger partial charge is 0.506 e. The average Bonchev–Trinajstić information content (AvgIpc) is 2.48. The number of nitriles is 1. The fourth-order valence-corrected chi connectivity index (χ4v) is 2.45. The van der Waals surface area contributed by atoms with Crippen LogP contribution in [-0.2, 0) is 0 Å². The first-order valence-corrected chi connectivity index (χ1v) is 7.04. The Kier molecular flexibility index (Phi) is 4.82. The third-order valence-electron chi connectivity index (χ3n) is 3.03. The maximum Gasteiger partial charge on any atom is 0.573 e. The van der Waals surface area contributed by atoms with Gasteiger partial charge >= 0.3 is 6.36 Å². The van der Waals surface area contributed by atoms with Gasteiger partial charge in [0.15, 0.2) is 0 Å². The Hall–Kier alpha value is -2.24. The highest BCUT2D eigenvalue weighted by Gasteiger charge is 2.31. The number of nitrogens with zero attached hydrogens (tertiary/aromatic N) is 1. The molecule has 0 aromatic heterocycles. The van der Waals surface area contributed by atoms with Crippen LogP contribution < -0.4 is 10.5 Å². The third kappa shape index (κ3) is 4.15. The van der Waals surface area contributed by atoms with Crippen LogP contribution in [0.4, 0.5) is 13.2 Å². The van der Waals surface area contributed by atoms with Gasteiger partial charge in [-0.05, 0) is 45.8 Å². The number of benzene rings is 2. The molecule has 0 spiro atoms. The van der Waals surface area contributed by atoms with Crippen molar-refractivity contribution >= 4 is 15.9 Å². The lowest BCUT2D eigenvalue weighted by atomic mass is 9.97. The van der Waals surface area contributed by atoms with Crippen molar-refractivity contribution in [1.82, 2.24) is 0 Å². The first-order valence-electron chi connectivity index (χ1n) is 6.25. The van der Waals surface area contributed by atoms with E-state index in [1.807, 2.05) is 6.07 Å². The molecule has 0 fully saturated rings. The molecule has 0 saturated heterocycles. The molecule has 120 valence electrons. The topological polar surface area (TPSA) is 79.3 Å². The van der Waals surface area contributed by atoms with E-state index in [0.29, 0.717) is 10.0 Å². The summed E-state index contributed by atoms with van der Waals surface area (Å²) in [4.78, 5) is 0. The second-order valence-corrected chi connectivity index (χ2v) is 5.46. The lowest BCUT2D eigenvalue weighted by Crippen LogP contribution is -2.17. The molecule has 0 amide bonds. The number of phenols is 1. The van der Waals surface area contributed by atoms with E-state index >= 15 is 0 Å². The third-order valence-corrected chi connectivity index (χ3v) is 3.63. The minimum Gasteiger partial charge on any atom is -0.506 e. The summed E-state index contributed by atoms with van der Waals surface area (Å²) < 4.78 is 40.5. The molecule has 0 aliphatic carbocycles. The second-order valence-electron chi connectivity index (χ2n) is 4.60. The number of alkyl halides is 3. The van der Waals surface area contributed by atoms with E-state index < -0.39 is 12.4 Å². The summed E-state index contributed by atoms with van der Waals surface area (Å²) in [5.74, 6) is -0.503. The zero-order valence-electron chi connectivity index (χ0n) is 11.4. The van der Waals surface area contributed by atoms with Gasteiger partial charge in [0, 0.05) is 5.56 Å². The van der Waals surface area contributed by atoms with Gasteiger partial charge in [0.05, 0.1) is 22.1 Å². The van der Waals surface area contributed by atoms with E-state index in [1.165, 1.54) is 24.3 Å². The van der Waals surface area contributed by atoms with Crippen molar-refractivity contribution < 1.29 is 23.0 Å². The Morgan fingerprint density at radius 3 is 2.35 bits per heavy atom. The molecule has 0 aliphatic rings. The number of phenolic OH excluding ortho intramolecular Hbond substituents is 1. The molecule has 1 atom stereocenters. The Balaban J connectivity index is 2.33. The highest BCUT2D eigenvalue weighted by molar-refractivity contribution is 9.10. The summed E-state index contributed by atoms with van der Waals surface area (Å²) in [6.07, 6.45) is -4.77. The molecule has 0 heterocycles. The van der Waals surface area contributed by atoms with E-state index in [9.17, 15) is 18.3 Å². The van der Waals surface area contributed by atoms with Gasteiger partial charge in [-0.2, -0.15) is 5.26 Å². The van der Waals surface area contributed by atoms with E-state index in [4.69, 9.17) is 11.0 Å². The Labute approximate surface area is 138 Å². The van der Waals surface area contributed by atoms with Gasteiger partial charge in [-0.3, -0.25) is 0 Å². The molecule has 8 heteroatoms. The largest absolute Gasteiger partial charge is 0.573 e. The quantitative estimate of drug-likeness (QED) is 0.836. The van der Waals surface area contributed by atoms with Gasteiger partial charge in [0.2, 0.25) is 0 Å².